The highest BCUT2D eigenvalue weighted by Gasteiger charge is 2.42. The summed E-state index contributed by atoms with van der Waals surface area (Å²) in [5.74, 6) is -9.96. The van der Waals surface area contributed by atoms with Gasteiger partial charge in [0.15, 0.2) is 23.3 Å². The van der Waals surface area contributed by atoms with E-state index in [4.69, 9.17) is 9.47 Å². The zero-order chi connectivity index (χ0) is 27.6. The van der Waals surface area contributed by atoms with E-state index in [1.165, 1.54) is 6.07 Å². The van der Waals surface area contributed by atoms with Crippen LogP contribution in [0.25, 0.3) is 0 Å². The van der Waals surface area contributed by atoms with Crippen molar-refractivity contribution >= 4 is 29.0 Å². The van der Waals surface area contributed by atoms with Crippen molar-refractivity contribution in [3.05, 3.63) is 56.6 Å². The van der Waals surface area contributed by atoms with Crippen LogP contribution < -0.4 is 15.2 Å². The molecule has 2 fully saturated rings. The highest BCUT2D eigenvalue weighted by Crippen LogP contribution is 2.39. The first-order valence-electron chi connectivity index (χ1n) is 11.2. The standard InChI is InChI=1S/C22H20F7N5O4/c23-17-16(22(27,28)29)18(24)20(26)21(19(17)25)31-30-11-12-9-15(34(35)36)14(33-3-7-38-8-4-33)10-13(12)32-1-5-37-6-2-32/h9-11,31H,1-8H2. The molecule has 4 rings (SSSR count). The minimum atomic E-state index is -5.69. The first kappa shape index (κ1) is 27.4. The third kappa shape index (κ3) is 5.45. The predicted octanol–water partition coefficient (Wildman–Crippen LogP) is 4.29. The van der Waals surface area contributed by atoms with E-state index in [1.807, 2.05) is 4.90 Å². The van der Waals surface area contributed by atoms with E-state index in [0.29, 0.717) is 64.0 Å². The van der Waals surface area contributed by atoms with Gasteiger partial charge in [0.2, 0.25) is 0 Å². The molecule has 0 atom stereocenters. The number of morpholine rings is 2. The highest BCUT2D eigenvalue weighted by molar-refractivity contribution is 5.92. The summed E-state index contributed by atoms with van der Waals surface area (Å²) in [6.45, 7) is 2.98. The van der Waals surface area contributed by atoms with Gasteiger partial charge < -0.3 is 19.3 Å². The molecule has 2 aromatic carbocycles. The molecule has 2 heterocycles. The fourth-order valence-electron chi connectivity index (χ4n) is 4.11. The Kier molecular flexibility index (Phi) is 7.91. The van der Waals surface area contributed by atoms with Crippen LogP contribution in [-0.4, -0.2) is 63.7 Å². The van der Waals surface area contributed by atoms with E-state index < -0.39 is 45.6 Å². The molecule has 0 bridgehead atoms. The van der Waals surface area contributed by atoms with Gasteiger partial charge in [0.1, 0.15) is 16.9 Å². The van der Waals surface area contributed by atoms with Gasteiger partial charge in [-0.1, -0.05) is 0 Å². The fourth-order valence-corrected chi connectivity index (χ4v) is 4.11. The average Bonchev–Trinajstić information content (AvgIpc) is 2.89. The molecule has 16 heteroatoms. The molecule has 0 amide bonds. The monoisotopic (exact) mass is 551 g/mol. The average molecular weight is 551 g/mol. The van der Waals surface area contributed by atoms with Crippen LogP contribution in [0, 0.1) is 33.4 Å². The molecule has 2 aromatic rings. The van der Waals surface area contributed by atoms with Crippen LogP contribution in [0.3, 0.4) is 0 Å². The van der Waals surface area contributed by atoms with Crippen molar-refractivity contribution in [2.45, 2.75) is 6.18 Å². The zero-order valence-electron chi connectivity index (χ0n) is 19.5. The number of hydrazone groups is 1. The molecule has 0 spiro atoms. The van der Waals surface area contributed by atoms with E-state index in [1.54, 1.807) is 16.4 Å². The van der Waals surface area contributed by atoms with Crippen LogP contribution in [0.1, 0.15) is 11.1 Å². The molecule has 0 aliphatic carbocycles. The van der Waals surface area contributed by atoms with Gasteiger partial charge in [-0.2, -0.15) is 18.3 Å². The third-order valence-corrected chi connectivity index (χ3v) is 5.95. The summed E-state index contributed by atoms with van der Waals surface area (Å²) in [6.07, 6.45) is -4.78. The number of rotatable bonds is 6. The van der Waals surface area contributed by atoms with Gasteiger partial charge in [-0.3, -0.25) is 15.5 Å². The third-order valence-electron chi connectivity index (χ3n) is 5.95. The molecule has 206 valence electrons. The molecule has 9 nitrogen and oxygen atoms in total. The second kappa shape index (κ2) is 11.0. The SMILES string of the molecule is O=[N+]([O-])c1cc(C=NNc2c(F)c(F)c(C(F)(F)F)c(F)c2F)c(N2CCOCC2)cc1N1CCOCC1. The lowest BCUT2D eigenvalue weighted by molar-refractivity contribution is -0.384. The number of anilines is 3. The lowest BCUT2D eigenvalue weighted by Gasteiger charge is -2.33. The van der Waals surface area contributed by atoms with Crippen molar-refractivity contribution in [2.75, 3.05) is 67.8 Å². The van der Waals surface area contributed by atoms with E-state index in [0.717, 1.165) is 6.21 Å². The molecule has 2 aliphatic rings. The van der Waals surface area contributed by atoms with Gasteiger partial charge in [0.25, 0.3) is 5.69 Å². The van der Waals surface area contributed by atoms with Crippen molar-refractivity contribution in [3.63, 3.8) is 0 Å². The maximum Gasteiger partial charge on any atom is 0.422 e. The Morgan fingerprint density at radius 1 is 0.868 bits per heavy atom. The number of nitrogens with one attached hydrogen (secondary N) is 1. The number of nitro groups is 1. The molecule has 0 radical (unpaired) electrons. The zero-order valence-corrected chi connectivity index (χ0v) is 19.5. The van der Waals surface area contributed by atoms with E-state index >= 15 is 0 Å². The van der Waals surface area contributed by atoms with Crippen molar-refractivity contribution in [2.24, 2.45) is 5.10 Å². The lowest BCUT2D eigenvalue weighted by Crippen LogP contribution is -2.38. The molecule has 38 heavy (non-hydrogen) atoms. The number of nitrogens with zero attached hydrogens (tertiary/aromatic N) is 4. The van der Waals surface area contributed by atoms with Crippen molar-refractivity contribution in [1.82, 2.24) is 0 Å². The Labute approximate surface area is 210 Å². The van der Waals surface area contributed by atoms with E-state index in [2.05, 4.69) is 5.10 Å². The number of nitro benzene ring substituents is 1. The number of ether oxygens (including phenoxy) is 2. The summed E-state index contributed by atoms with van der Waals surface area (Å²) in [5.41, 5.74) is -2.11. The predicted molar refractivity (Wildman–Crippen MR) is 122 cm³/mol. The molecule has 0 unspecified atom stereocenters. The number of halogens is 7. The molecule has 1 N–H and O–H groups in total. The molecular formula is C22H20F7N5O4. The smallest absolute Gasteiger partial charge is 0.378 e. The topological polar surface area (TPSA) is 92.5 Å². The molecule has 2 saturated heterocycles. The summed E-state index contributed by atoms with van der Waals surface area (Å²) >= 11 is 0. The number of alkyl halides is 3. The summed E-state index contributed by atoms with van der Waals surface area (Å²) in [5, 5.41) is 15.4. The van der Waals surface area contributed by atoms with Gasteiger partial charge in [-0.05, 0) is 6.07 Å². The largest absolute Gasteiger partial charge is 0.422 e. The number of benzene rings is 2. The quantitative estimate of drug-likeness (QED) is 0.188. The molecule has 0 aromatic heterocycles. The Morgan fingerprint density at radius 2 is 1.37 bits per heavy atom. The summed E-state index contributed by atoms with van der Waals surface area (Å²) in [7, 11) is 0. The van der Waals surface area contributed by atoms with Gasteiger partial charge in [0, 0.05) is 43.5 Å². The molecule has 2 aliphatic heterocycles. The Balaban J connectivity index is 1.74. The Bertz CT molecular complexity index is 1220. The normalized spacial score (nSPS) is 16.8. The van der Waals surface area contributed by atoms with Crippen molar-refractivity contribution in [1.29, 1.82) is 0 Å². The van der Waals surface area contributed by atoms with Gasteiger partial charge >= 0.3 is 6.18 Å². The van der Waals surface area contributed by atoms with E-state index in [9.17, 15) is 40.8 Å². The van der Waals surface area contributed by atoms with Crippen LogP contribution in [0.5, 0.6) is 0 Å². The van der Waals surface area contributed by atoms with Crippen LogP contribution in [0.2, 0.25) is 0 Å². The second-order valence-electron chi connectivity index (χ2n) is 8.23. The van der Waals surface area contributed by atoms with Crippen LogP contribution >= 0.6 is 0 Å². The molecular weight excluding hydrogens is 531 g/mol. The fraction of sp³-hybridized carbons (Fsp3) is 0.409. The van der Waals surface area contributed by atoms with Crippen LogP contribution in [-0.2, 0) is 15.7 Å². The maximum absolute atomic E-state index is 14.2. The van der Waals surface area contributed by atoms with Gasteiger partial charge in [0.05, 0.1) is 37.6 Å². The summed E-state index contributed by atoms with van der Waals surface area (Å²) in [4.78, 5) is 14.8. The summed E-state index contributed by atoms with van der Waals surface area (Å²) < 4.78 is 105. The minimum Gasteiger partial charge on any atom is -0.378 e. The maximum atomic E-state index is 14.2. The first-order chi connectivity index (χ1) is 18.0. The highest BCUT2D eigenvalue weighted by atomic mass is 19.4. The summed E-state index contributed by atoms with van der Waals surface area (Å²) in [6, 6.07) is 2.72. The van der Waals surface area contributed by atoms with Crippen LogP contribution in [0.15, 0.2) is 17.2 Å². The molecule has 0 saturated carbocycles. The number of hydrogen-bond donors (Lipinski definition) is 1. The van der Waals surface area contributed by atoms with Crippen LogP contribution in [0.4, 0.5) is 53.5 Å². The van der Waals surface area contributed by atoms with Gasteiger partial charge in [-0.15, -0.1) is 0 Å². The van der Waals surface area contributed by atoms with Gasteiger partial charge in [-0.25, -0.2) is 17.6 Å². The number of hydrogen-bond acceptors (Lipinski definition) is 8. The van der Waals surface area contributed by atoms with E-state index in [-0.39, 0.29) is 11.3 Å². The second-order valence-corrected chi connectivity index (χ2v) is 8.23. The van der Waals surface area contributed by atoms with Crippen molar-refractivity contribution < 1.29 is 45.1 Å². The first-order valence-corrected chi connectivity index (χ1v) is 11.2. The minimum absolute atomic E-state index is 0.0942. The lowest BCUT2D eigenvalue weighted by atomic mass is 10.1. The Morgan fingerprint density at radius 3 is 1.84 bits per heavy atom. The van der Waals surface area contributed by atoms with Crippen molar-refractivity contribution in [3.8, 4) is 0 Å². The Hall–Kier alpha value is -3.66.